The van der Waals surface area contributed by atoms with Gasteiger partial charge in [-0.2, -0.15) is 0 Å². The first-order valence-electron chi connectivity index (χ1n) is 6.14. The van der Waals surface area contributed by atoms with Gasteiger partial charge in [0.05, 0.1) is 0 Å². The Morgan fingerprint density at radius 2 is 1.44 bits per heavy atom. The second-order valence-electron chi connectivity index (χ2n) is 4.62. The first-order valence-corrected chi connectivity index (χ1v) is 6.14. The Balaban J connectivity index is 2.27. The molecule has 0 heterocycles. The van der Waals surface area contributed by atoms with Gasteiger partial charge < -0.3 is 0 Å². The summed E-state index contributed by atoms with van der Waals surface area (Å²) in [4.78, 5) is 0. The van der Waals surface area contributed by atoms with E-state index in [-0.39, 0.29) is 0 Å². The lowest BCUT2D eigenvalue weighted by Crippen LogP contribution is -1.79. The molecule has 4 aromatic carbocycles. The molecule has 0 unspecified atom stereocenters. The smallest absolute Gasteiger partial charge is 0.00986 e. The predicted molar refractivity (Wildman–Crippen MR) is 77.8 cm³/mol. The second kappa shape index (κ2) is 3.58. The molecule has 0 amide bonds. The van der Waals surface area contributed by atoms with Gasteiger partial charge in [0.2, 0.25) is 0 Å². The van der Waals surface area contributed by atoms with E-state index in [0.29, 0.717) is 0 Å². The molecule has 4 aromatic rings. The average molecular weight is 227 g/mol. The summed E-state index contributed by atoms with van der Waals surface area (Å²) in [6, 6.07) is 26.9. The number of hydrogen-bond donors (Lipinski definition) is 0. The van der Waals surface area contributed by atoms with Crippen molar-refractivity contribution >= 4 is 32.3 Å². The van der Waals surface area contributed by atoms with E-state index in [1.54, 1.807) is 0 Å². The SMILES string of the molecule is [c]1cccc2cc3ccc4ccccc4c3cc12. The van der Waals surface area contributed by atoms with E-state index in [4.69, 9.17) is 0 Å². The molecule has 0 atom stereocenters. The standard InChI is InChI=1S/C18H11/c1-2-7-15-12-18-16(11-14(15)6-1)10-9-13-5-3-4-8-17(13)18/h1-6,8-12H. The summed E-state index contributed by atoms with van der Waals surface area (Å²) >= 11 is 0. The van der Waals surface area contributed by atoms with Crippen molar-refractivity contribution in [2.45, 2.75) is 0 Å². The van der Waals surface area contributed by atoms with Crippen molar-refractivity contribution in [3.8, 4) is 0 Å². The van der Waals surface area contributed by atoms with Crippen LogP contribution in [0.25, 0.3) is 32.3 Å². The molecule has 0 heteroatoms. The van der Waals surface area contributed by atoms with Crippen LogP contribution in [-0.2, 0) is 0 Å². The second-order valence-corrected chi connectivity index (χ2v) is 4.62. The Morgan fingerprint density at radius 1 is 0.611 bits per heavy atom. The highest BCUT2D eigenvalue weighted by molar-refractivity contribution is 6.11. The molecule has 0 aliphatic carbocycles. The lowest BCUT2D eigenvalue weighted by atomic mass is 9.98. The molecule has 0 N–H and O–H groups in total. The van der Waals surface area contributed by atoms with E-state index in [2.05, 4.69) is 60.7 Å². The molecule has 0 aliphatic heterocycles. The maximum atomic E-state index is 3.31. The lowest BCUT2D eigenvalue weighted by molar-refractivity contribution is 1.76. The summed E-state index contributed by atoms with van der Waals surface area (Å²) in [5.41, 5.74) is 0. The topological polar surface area (TPSA) is 0 Å². The first kappa shape index (κ1) is 9.67. The van der Waals surface area contributed by atoms with Gasteiger partial charge in [-0.1, -0.05) is 54.6 Å². The van der Waals surface area contributed by atoms with Crippen molar-refractivity contribution in [2.24, 2.45) is 0 Å². The fourth-order valence-corrected chi connectivity index (χ4v) is 2.62. The van der Waals surface area contributed by atoms with Crippen LogP contribution in [0.4, 0.5) is 0 Å². The van der Waals surface area contributed by atoms with Gasteiger partial charge in [-0.05, 0) is 50.5 Å². The maximum Gasteiger partial charge on any atom is -0.00986 e. The van der Waals surface area contributed by atoms with Crippen LogP contribution >= 0.6 is 0 Å². The molecule has 0 aliphatic rings. The Kier molecular flexibility index (Phi) is 1.92. The Labute approximate surface area is 105 Å². The van der Waals surface area contributed by atoms with E-state index in [0.717, 1.165) is 0 Å². The molecule has 1 radical (unpaired) electrons. The number of fused-ring (bicyclic) bond motifs is 4. The summed E-state index contributed by atoms with van der Waals surface area (Å²) in [6.07, 6.45) is 0. The molecular formula is C18H11. The predicted octanol–water partition coefficient (Wildman–Crippen LogP) is 4.95. The molecule has 0 bridgehead atoms. The van der Waals surface area contributed by atoms with Crippen molar-refractivity contribution in [3.63, 3.8) is 0 Å². The molecular weight excluding hydrogens is 216 g/mol. The zero-order valence-electron chi connectivity index (χ0n) is 9.85. The molecule has 18 heavy (non-hydrogen) atoms. The minimum absolute atomic E-state index is 1.18. The Morgan fingerprint density at radius 3 is 2.44 bits per heavy atom. The number of benzene rings is 4. The van der Waals surface area contributed by atoms with Gasteiger partial charge in [0.1, 0.15) is 0 Å². The molecule has 83 valence electrons. The summed E-state index contributed by atoms with van der Waals surface area (Å²) < 4.78 is 0. The van der Waals surface area contributed by atoms with Crippen LogP contribution in [0.15, 0.2) is 66.7 Å². The van der Waals surface area contributed by atoms with Gasteiger partial charge in [0.25, 0.3) is 0 Å². The maximum absolute atomic E-state index is 3.31. The van der Waals surface area contributed by atoms with E-state index in [9.17, 15) is 0 Å². The van der Waals surface area contributed by atoms with Crippen LogP contribution in [0.1, 0.15) is 0 Å². The molecule has 4 rings (SSSR count). The third kappa shape index (κ3) is 1.32. The summed E-state index contributed by atoms with van der Waals surface area (Å²) in [5.74, 6) is 0. The summed E-state index contributed by atoms with van der Waals surface area (Å²) in [6.45, 7) is 0. The Hall–Kier alpha value is -2.34. The van der Waals surface area contributed by atoms with Crippen LogP contribution in [0, 0.1) is 6.07 Å². The van der Waals surface area contributed by atoms with E-state index >= 15 is 0 Å². The van der Waals surface area contributed by atoms with E-state index < -0.39 is 0 Å². The van der Waals surface area contributed by atoms with Crippen molar-refractivity contribution < 1.29 is 0 Å². The quantitative estimate of drug-likeness (QED) is 0.294. The van der Waals surface area contributed by atoms with E-state index in [1.807, 2.05) is 12.1 Å². The van der Waals surface area contributed by atoms with Crippen LogP contribution < -0.4 is 0 Å². The zero-order valence-corrected chi connectivity index (χ0v) is 9.85. The van der Waals surface area contributed by atoms with Gasteiger partial charge in [-0.25, -0.2) is 0 Å². The normalized spacial score (nSPS) is 11.3. The van der Waals surface area contributed by atoms with Crippen LogP contribution in [0.5, 0.6) is 0 Å². The first-order chi connectivity index (χ1) is 8.92. The van der Waals surface area contributed by atoms with Crippen molar-refractivity contribution in [2.75, 3.05) is 0 Å². The molecule has 0 aromatic heterocycles. The lowest BCUT2D eigenvalue weighted by Gasteiger charge is -2.05. The molecule has 0 spiro atoms. The minimum atomic E-state index is 1.18. The van der Waals surface area contributed by atoms with Crippen LogP contribution in [-0.4, -0.2) is 0 Å². The zero-order chi connectivity index (χ0) is 11.9. The van der Waals surface area contributed by atoms with Crippen LogP contribution in [0.2, 0.25) is 0 Å². The fourth-order valence-electron chi connectivity index (χ4n) is 2.62. The highest BCUT2D eigenvalue weighted by Crippen LogP contribution is 2.28. The van der Waals surface area contributed by atoms with Gasteiger partial charge >= 0.3 is 0 Å². The van der Waals surface area contributed by atoms with Crippen molar-refractivity contribution in [1.82, 2.24) is 0 Å². The van der Waals surface area contributed by atoms with E-state index in [1.165, 1.54) is 32.3 Å². The van der Waals surface area contributed by atoms with Gasteiger partial charge in [-0.3, -0.25) is 0 Å². The van der Waals surface area contributed by atoms with Crippen LogP contribution in [0.3, 0.4) is 0 Å². The highest BCUT2D eigenvalue weighted by atomic mass is 14.1. The van der Waals surface area contributed by atoms with Crippen molar-refractivity contribution in [1.29, 1.82) is 0 Å². The third-order valence-corrected chi connectivity index (χ3v) is 3.53. The summed E-state index contributed by atoms with van der Waals surface area (Å²) in [7, 11) is 0. The Bertz CT molecular complexity index is 866. The average Bonchev–Trinajstić information content (AvgIpc) is 2.45. The molecule has 0 nitrogen and oxygen atoms in total. The highest BCUT2D eigenvalue weighted by Gasteiger charge is 2.01. The molecule has 0 fully saturated rings. The summed E-state index contributed by atoms with van der Waals surface area (Å²) in [5, 5.41) is 7.64. The largest absolute Gasteiger partial charge is 0.0616 e. The van der Waals surface area contributed by atoms with Gasteiger partial charge in [0, 0.05) is 0 Å². The molecule has 0 saturated heterocycles. The number of hydrogen-bond acceptors (Lipinski definition) is 0. The van der Waals surface area contributed by atoms with Gasteiger partial charge in [0.15, 0.2) is 0 Å². The monoisotopic (exact) mass is 227 g/mol. The fraction of sp³-hybridized carbons (Fsp3) is 0. The molecule has 0 saturated carbocycles. The third-order valence-electron chi connectivity index (χ3n) is 3.53. The minimum Gasteiger partial charge on any atom is -0.0616 e. The van der Waals surface area contributed by atoms with Gasteiger partial charge in [-0.15, -0.1) is 0 Å². The van der Waals surface area contributed by atoms with Crippen molar-refractivity contribution in [3.05, 3.63) is 72.8 Å². The number of rotatable bonds is 0.